The van der Waals surface area contributed by atoms with E-state index in [0.29, 0.717) is 0 Å². The fourth-order valence-electron chi connectivity index (χ4n) is 4.06. The molecule has 34 heavy (non-hydrogen) atoms. The normalized spacial score (nSPS) is 52.5. The molecule has 3 heterocycles. The van der Waals surface area contributed by atoms with Gasteiger partial charge in [-0.3, -0.25) is 0 Å². The summed E-state index contributed by atoms with van der Waals surface area (Å²) in [5.74, 6) is 0. The molecule has 15 atom stereocenters. The van der Waals surface area contributed by atoms with Crippen molar-refractivity contribution in [1.82, 2.24) is 0 Å². The second-order valence-corrected chi connectivity index (χ2v) is 8.33. The summed E-state index contributed by atoms with van der Waals surface area (Å²) in [5.41, 5.74) is 0. The lowest BCUT2D eigenvalue weighted by atomic mass is 9.96. The quantitative estimate of drug-likeness (QED) is 0.154. The maximum absolute atomic E-state index is 10.6. The number of aliphatic hydroxyl groups excluding tert-OH is 11. The fraction of sp³-hybridized carbons (Fsp3) is 1.00. The van der Waals surface area contributed by atoms with Crippen molar-refractivity contribution in [3.63, 3.8) is 0 Å². The number of hydrogen-bond donors (Lipinski definition) is 11. The molecule has 16 nitrogen and oxygen atoms in total. The smallest absolute Gasteiger partial charge is 0.187 e. The van der Waals surface area contributed by atoms with E-state index >= 15 is 0 Å². The highest BCUT2D eigenvalue weighted by molar-refractivity contribution is 4.96. The number of ether oxygens (including phenoxy) is 5. The summed E-state index contributed by atoms with van der Waals surface area (Å²) >= 11 is 0. The van der Waals surface area contributed by atoms with Gasteiger partial charge in [0.1, 0.15) is 73.2 Å². The molecule has 0 spiro atoms. The van der Waals surface area contributed by atoms with Gasteiger partial charge < -0.3 is 79.9 Å². The van der Waals surface area contributed by atoms with E-state index in [1.165, 1.54) is 0 Å². The Labute approximate surface area is 192 Å². The van der Waals surface area contributed by atoms with Crippen molar-refractivity contribution in [2.24, 2.45) is 0 Å². The summed E-state index contributed by atoms with van der Waals surface area (Å²) in [5, 5.41) is 109. The lowest BCUT2D eigenvalue weighted by Gasteiger charge is -2.47. The van der Waals surface area contributed by atoms with Crippen LogP contribution in [0.5, 0.6) is 0 Å². The molecule has 16 heteroatoms. The van der Waals surface area contributed by atoms with E-state index in [1.807, 2.05) is 0 Å². The Hall–Kier alpha value is -0.640. The lowest BCUT2D eigenvalue weighted by Crippen LogP contribution is -2.66. The molecule has 3 rings (SSSR count). The minimum atomic E-state index is -1.91. The highest BCUT2D eigenvalue weighted by Crippen LogP contribution is 2.32. The average Bonchev–Trinajstić information content (AvgIpc) is 2.83. The van der Waals surface area contributed by atoms with Crippen molar-refractivity contribution in [2.45, 2.75) is 92.1 Å². The number of hydrogen-bond acceptors (Lipinski definition) is 16. The van der Waals surface area contributed by atoms with Gasteiger partial charge in [0.25, 0.3) is 0 Å². The van der Waals surface area contributed by atoms with Crippen LogP contribution in [-0.2, 0) is 23.7 Å². The second kappa shape index (κ2) is 11.6. The zero-order valence-electron chi connectivity index (χ0n) is 17.7. The van der Waals surface area contributed by atoms with Gasteiger partial charge in [0.2, 0.25) is 0 Å². The van der Waals surface area contributed by atoms with Gasteiger partial charge in [-0.25, -0.2) is 0 Å². The molecule has 0 aliphatic carbocycles. The molecule has 0 bridgehead atoms. The van der Waals surface area contributed by atoms with Gasteiger partial charge in [0.15, 0.2) is 18.9 Å². The van der Waals surface area contributed by atoms with Gasteiger partial charge in [0.05, 0.1) is 19.8 Å². The topological polar surface area (TPSA) is 269 Å². The third kappa shape index (κ3) is 5.37. The van der Waals surface area contributed by atoms with Crippen LogP contribution in [0.25, 0.3) is 0 Å². The van der Waals surface area contributed by atoms with Gasteiger partial charge in [-0.1, -0.05) is 0 Å². The van der Waals surface area contributed by atoms with Gasteiger partial charge in [-0.2, -0.15) is 0 Å². The molecule has 0 amide bonds. The molecule has 11 N–H and O–H groups in total. The van der Waals surface area contributed by atoms with Crippen LogP contribution in [0.15, 0.2) is 0 Å². The first kappa shape index (κ1) is 27.9. The van der Waals surface area contributed by atoms with Crippen LogP contribution < -0.4 is 0 Å². The Morgan fingerprint density at radius 2 is 0.853 bits per heavy atom. The molecule has 0 aromatic rings. The Balaban J connectivity index is 1.72. The molecule has 0 aromatic carbocycles. The summed E-state index contributed by atoms with van der Waals surface area (Å²) in [6.45, 7) is -2.32. The van der Waals surface area contributed by atoms with Crippen LogP contribution >= 0.6 is 0 Å². The van der Waals surface area contributed by atoms with Crippen molar-refractivity contribution in [2.75, 3.05) is 19.8 Å². The number of rotatable bonds is 7. The highest BCUT2D eigenvalue weighted by atomic mass is 16.8. The molecule has 0 radical (unpaired) electrons. The molecule has 3 fully saturated rings. The molecule has 3 saturated heterocycles. The second-order valence-electron chi connectivity index (χ2n) is 8.33. The van der Waals surface area contributed by atoms with E-state index in [0.717, 1.165) is 0 Å². The first-order valence-corrected chi connectivity index (χ1v) is 10.6. The Kier molecular flexibility index (Phi) is 9.54. The molecule has 3 aliphatic heterocycles. The van der Waals surface area contributed by atoms with E-state index in [2.05, 4.69) is 0 Å². The Morgan fingerprint density at radius 3 is 1.35 bits per heavy atom. The third-order valence-corrected chi connectivity index (χ3v) is 6.09. The van der Waals surface area contributed by atoms with Crippen LogP contribution in [0, 0.1) is 0 Å². The summed E-state index contributed by atoms with van der Waals surface area (Å²) in [6, 6.07) is 0. The Bertz CT molecular complexity index is 635. The minimum absolute atomic E-state index is 0.741. The largest absolute Gasteiger partial charge is 0.394 e. The van der Waals surface area contributed by atoms with Gasteiger partial charge in [-0.15, -0.1) is 0 Å². The summed E-state index contributed by atoms with van der Waals surface area (Å²) in [4.78, 5) is 0. The molecule has 3 aliphatic rings. The van der Waals surface area contributed by atoms with Crippen molar-refractivity contribution >= 4 is 0 Å². The Morgan fingerprint density at radius 1 is 0.441 bits per heavy atom. The van der Waals surface area contributed by atoms with Crippen LogP contribution in [0.2, 0.25) is 0 Å². The molecule has 9 unspecified atom stereocenters. The highest BCUT2D eigenvalue weighted by Gasteiger charge is 2.53. The zero-order valence-corrected chi connectivity index (χ0v) is 17.7. The first-order valence-electron chi connectivity index (χ1n) is 10.6. The summed E-state index contributed by atoms with van der Waals surface area (Å²) in [6.07, 6.45) is -25.1. The summed E-state index contributed by atoms with van der Waals surface area (Å²) < 4.78 is 26.4. The van der Waals surface area contributed by atoms with Crippen LogP contribution in [0.1, 0.15) is 0 Å². The zero-order chi connectivity index (χ0) is 25.3. The van der Waals surface area contributed by atoms with Crippen LogP contribution in [0.3, 0.4) is 0 Å². The molecule has 0 saturated carbocycles. The lowest BCUT2D eigenvalue weighted by molar-refractivity contribution is -0.377. The van der Waals surface area contributed by atoms with Crippen LogP contribution in [-0.4, -0.2) is 168 Å². The predicted octanol–water partition coefficient (Wildman–Crippen LogP) is -7.57. The van der Waals surface area contributed by atoms with Gasteiger partial charge in [-0.05, 0) is 0 Å². The van der Waals surface area contributed by atoms with E-state index in [-0.39, 0.29) is 0 Å². The van der Waals surface area contributed by atoms with Gasteiger partial charge >= 0.3 is 0 Å². The fourth-order valence-corrected chi connectivity index (χ4v) is 4.06. The van der Waals surface area contributed by atoms with E-state index in [1.54, 1.807) is 0 Å². The molecular weight excluding hydrogens is 472 g/mol. The van der Waals surface area contributed by atoms with E-state index in [9.17, 15) is 56.2 Å². The average molecular weight is 504 g/mol. The predicted molar refractivity (Wildman–Crippen MR) is 101 cm³/mol. The van der Waals surface area contributed by atoms with E-state index in [4.69, 9.17) is 23.7 Å². The number of aliphatic hydroxyl groups is 11. The first-order chi connectivity index (χ1) is 16.0. The van der Waals surface area contributed by atoms with Crippen molar-refractivity contribution < 1.29 is 79.9 Å². The van der Waals surface area contributed by atoms with Crippen LogP contribution in [0.4, 0.5) is 0 Å². The maximum atomic E-state index is 10.6. The monoisotopic (exact) mass is 504 g/mol. The SMILES string of the molecule is OCC1O[C@H](O[C@@H]2C(CO)O[C@@H](O[C@@H]3C(CO)O[C@@H](O)C(O)C3O)C(O)C2O)C(O)C(O)[C@@H]1O. The molecule has 0 aromatic heterocycles. The van der Waals surface area contributed by atoms with Crippen molar-refractivity contribution in [1.29, 1.82) is 0 Å². The van der Waals surface area contributed by atoms with Gasteiger partial charge in [0, 0.05) is 0 Å². The van der Waals surface area contributed by atoms with E-state index < -0.39 is 112 Å². The maximum Gasteiger partial charge on any atom is 0.187 e. The van der Waals surface area contributed by atoms with Crippen molar-refractivity contribution in [3.8, 4) is 0 Å². The molecular formula is C18H32O16. The third-order valence-electron chi connectivity index (χ3n) is 6.09. The minimum Gasteiger partial charge on any atom is -0.394 e. The standard InChI is InChI=1S/C18H32O16/c19-1-4-7(22)8(23)12(27)17(31-4)34-15-6(3-21)32-18(13(28)10(15)25)33-14-5(2-20)30-16(29)11(26)9(14)24/h4-29H,1-3H2/t4?,5?,6?,7-,8?,9?,10?,11?,12?,13?,14-,15-,16-,17-,18+/m1/s1. The molecule has 200 valence electrons. The summed E-state index contributed by atoms with van der Waals surface area (Å²) in [7, 11) is 0. The van der Waals surface area contributed by atoms with Crippen molar-refractivity contribution in [3.05, 3.63) is 0 Å².